The maximum absolute atomic E-state index is 11.2. The molecule has 1 aromatic rings. The second-order valence-electron chi connectivity index (χ2n) is 3.17. The molecule has 78 valence electrons. The molecule has 0 bridgehead atoms. The van der Waals surface area contributed by atoms with Gasteiger partial charge in [-0.2, -0.15) is 0 Å². The van der Waals surface area contributed by atoms with Crippen LogP contribution in [-0.4, -0.2) is 17.8 Å². The van der Waals surface area contributed by atoms with Crippen LogP contribution in [0.2, 0.25) is 0 Å². The molecular weight excluding hydrogens is 200 g/mol. The van der Waals surface area contributed by atoms with E-state index in [1.165, 1.54) is 11.8 Å². The topological polar surface area (TPSA) is 39.4 Å². The van der Waals surface area contributed by atoms with Crippen LogP contribution in [0.1, 0.15) is 19.6 Å². The molecule has 0 aliphatic carbocycles. The van der Waals surface area contributed by atoms with E-state index >= 15 is 0 Å². The van der Waals surface area contributed by atoms with E-state index in [9.17, 15) is 4.79 Å². The van der Waals surface area contributed by atoms with Crippen LogP contribution < -0.4 is 0 Å². The van der Waals surface area contributed by atoms with Crippen molar-refractivity contribution in [1.82, 2.24) is 0 Å². The molecule has 14 heavy (non-hydrogen) atoms. The van der Waals surface area contributed by atoms with Gasteiger partial charge in [0.05, 0.1) is 18.1 Å². The Balaban J connectivity index is 2.34. The van der Waals surface area contributed by atoms with Gasteiger partial charge in [0.15, 0.2) is 0 Å². The molecule has 0 aliphatic heterocycles. The minimum Gasteiger partial charge on any atom is -0.468 e. The van der Waals surface area contributed by atoms with Crippen molar-refractivity contribution < 1.29 is 13.9 Å². The van der Waals surface area contributed by atoms with E-state index in [1.807, 2.05) is 26.8 Å². The highest BCUT2D eigenvalue weighted by atomic mass is 32.2. The Labute approximate surface area is 87.8 Å². The molecule has 3 nitrogen and oxygen atoms in total. The van der Waals surface area contributed by atoms with Gasteiger partial charge in [-0.1, -0.05) is 0 Å². The van der Waals surface area contributed by atoms with Crippen molar-refractivity contribution in [2.24, 2.45) is 0 Å². The fraction of sp³-hybridized carbons (Fsp3) is 0.500. The number of hydrogen-bond donors (Lipinski definition) is 0. The Morgan fingerprint density at radius 2 is 2.36 bits per heavy atom. The Morgan fingerprint density at radius 3 is 2.86 bits per heavy atom. The third-order valence-electron chi connectivity index (χ3n) is 1.52. The lowest BCUT2D eigenvalue weighted by molar-refractivity contribution is -0.144. The third-order valence-corrected chi connectivity index (χ3v) is 2.64. The number of aryl methyl sites for hydroxylation is 1. The van der Waals surface area contributed by atoms with E-state index in [2.05, 4.69) is 0 Å². The molecule has 0 amide bonds. The first-order chi connectivity index (χ1) is 6.59. The van der Waals surface area contributed by atoms with Gasteiger partial charge in [-0.3, -0.25) is 4.79 Å². The highest BCUT2D eigenvalue weighted by Crippen LogP contribution is 2.22. The fourth-order valence-corrected chi connectivity index (χ4v) is 1.70. The minimum absolute atomic E-state index is 0.0476. The molecule has 0 N–H and O–H groups in total. The van der Waals surface area contributed by atoms with Gasteiger partial charge in [0.25, 0.3) is 0 Å². The predicted octanol–water partition coefficient (Wildman–Crippen LogP) is 2.63. The van der Waals surface area contributed by atoms with Gasteiger partial charge in [0.1, 0.15) is 5.76 Å². The van der Waals surface area contributed by atoms with Gasteiger partial charge in [0, 0.05) is 4.90 Å². The highest BCUT2D eigenvalue weighted by Gasteiger charge is 2.08. The van der Waals surface area contributed by atoms with Gasteiger partial charge in [-0.25, -0.2) is 0 Å². The first-order valence-electron chi connectivity index (χ1n) is 4.46. The van der Waals surface area contributed by atoms with Crippen molar-refractivity contribution in [2.45, 2.75) is 31.8 Å². The molecule has 0 radical (unpaired) electrons. The maximum atomic E-state index is 11.2. The van der Waals surface area contributed by atoms with E-state index in [1.54, 1.807) is 6.26 Å². The maximum Gasteiger partial charge on any atom is 0.316 e. The fourth-order valence-electron chi connectivity index (χ4n) is 0.957. The quantitative estimate of drug-likeness (QED) is 0.570. The number of furan rings is 1. The summed E-state index contributed by atoms with van der Waals surface area (Å²) >= 11 is 1.44. The molecule has 4 heteroatoms. The summed E-state index contributed by atoms with van der Waals surface area (Å²) in [5, 5.41) is 0. The second-order valence-corrected chi connectivity index (χ2v) is 4.19. The van der Waals surface area contributed by atoms with Gasteiger partial charge in [-0.05, 0) is 26.8 Å². The van der Waals surface area contributed by atoms with E-state index in [0.29, 0.717) is 5.75 Å². The van der Waals surface area contributed by atoms with Gasteiger partial charge in [0.2, 0.25) is 0 Å². The summed E-state index contributed by atoms with van der Waals surface area (Å²) in [6.45, 7) is 5.55. The Kier molecular flexibility index (Phi) is 4.07. The van der Waals surface area contributed by atoms with Crippen molar-refractivity contribution in [3.63, 3.8) is 0 Å². The standard InChI is InChI=1S/C10H14O3S/c1-7(2)13-10(11)6-14-9-4-5-12-8(9)3/h4-5,7H,6H2,1-3H3. The zero-order valence-corrected chi connectivity index (χ0v) is 9.39. The molecule has 1 aromatic heterocycles. The number of ether oxygens (including phenoxy) is 1. The third kappa shape index (κ3) is 3.46. The molecule has 0 saturated heterocycles. The van der Waals surface area contributed by atoms with Crippen molar-refractivity contribution in [2.75, 3.05) is 5.75 Å². The lowest BCUT2D eigenvalue weighted by Gasteiger charge is -2.06. The zero-order chi connectivity index (χ0) is 10.6. The summed E-state index contributed by atoms with van der Waals surface area (Å²) in [4.78, 5) is 12.2. The van der Waals surface area contributed by atoms with Gasteiger partial charge in [-0.15, -0.1) is 11.8 Å². The lowest BCUT2D eigenvalue weighted by Crippen LogP contribution is -2.13. The highest BCUT2D eigenvalue weighted by molar-refractivity contribution is 8.00. The first kappa shape index (κ1) is 11.2. The van der Waals surface area contributed by atoms with Crippen LogP contribution in [0.5, 0.6) is 0 Å². The van der Waals surface area contributed by atoms with E-state index in [-0.39, 0.29) is 12.1 Å². The summed E-state index contributed by atoms with van der Waals surface area (Å²) in [5.74, 6) is 0.983. The smallest absolute Gasteiger partial charge is 0.316 e. The van der Waals surface area contributed by atoms with Crippen LogP contribution in [0.15, 0.2) is 21.6 Å². The molecule has 1 rings (SSSR count). The number of esters is 1. The van der Waals surface area contributed by atoms with Crippen LogP contribution >= 0.6 is 11.8 Å². The number of carbonyl (C=O) groups is 1. The first-order valence-corrected chi connectivity index (χ1v) is 5.44. The number of rotatable bonds is 4. The summed E-state index contributed by atoms with van der Waals surface area (Å²) in [6, 6.07) is 1.85. The Hall–Kier alpha value is -0.900. The van der Waals surface area contributed by atoms with Crippen LogP contribution in [0.25, 0.3) is 0 Å². The van der Waals surface area contributed by atoms with Crippen LogP contribution in [0.3, 0.4) is 0 Å². The molecule has 0 aliphatic rings. The van der Waals surface area contributed by atoms with Crippen molar-refractivity contribution in [3.8, 4) is 0 Å². The summed E-state index contributed by atoms with van der Waals surface area (Å²) in [5.41, 5.74) is 0. The van der Waals surface area contributed by atoms with Crippen molar-refractivity contribution in [1.29, 1.82) is 0 Å². The Morgan fingerprint density at radius 1 is 1.64 bits per heavy atom. The number of carbonyl (C=O) groups excluding carboxylic acids is 1. The zero-order valence-electron chi connectivity index (χ0n) is 8.57. The predicted molar refractivity (Wildman–Crippen MR) is 55.4 cm³/mol. The molecule has 0 fully saturated rings. The number of hydrogen-bond acceptors (Lipinski definition) is 4. The molecular formula is C10H14O3S. The van der Waals surface area contributed by atoms with Gasteiger partial charge >= 0.3 is 5.97 Å². The van der Waals surface area contributed by atoms with Gasteiger partial charge < -0.3 is 9.15 Å². The van der Waals surface area contributed by atoms with Crippen molar-refractivity contribution in [3.05, 3.63) is 18.1 Å². The molecule has 0 spiro atoms. The average molecular weight is 214 g/mol. The lowest BCUT2D eigenvalue weighted by atomic mass is 10.5. The SMILES string of the molecule is Cc1occc1SCC(=O)OC(C)C. The van der Waals surface area contributed by atoms with Crippen LogP contribution in [0.4, 0.5) is 0 Å². The number of thioether (sulfide) groups is 1. The molecule has 0 atom stereocenters. The van der Waals surface area contributed by atoms with Crippen LogP contribution in [0, 0.1) is 6.92 Å². The largest absolute Gasteiger partial charge is 0.468 e. The van der Waals surface area contributed by atoms with E-state index < -0.39 is 0 Å². The summed E-state index contributed by atoms with van der Waals surface area (Å²) < 4.78 is 10.1. The molecule has 0 unspecified atom stereocenters. The normalized spacial score (nSPS) is 10.6. The molecule has 0 aromatic carbocycles. The van der Waals surface area contributed by atoms with Crippen LogP contribution in [-0.2, 0) is 9.53 Å². The summed E-state index contributed by atoms with van der Waals surface area (Å²) in [6.07, 6.45) is 1.57. The monoisotopic (exact) mass is 214 g/mol. The second kappa shape index (κ2) is 5.10. The molecule has 0 saturated carbocycles. The molecule has 1 heterocycles. The summed E-state index contributed by atoms with van der Waals surface area (Å²) in [7, 11) is 0. The Bertz CT molecular complexity index is 304. The van der Waals surface area contributed by atoms with E-state index in [4.69, 9.17) is 9.15 Å². The van der Waals surface area contributed by atoms with Crippen molar-refractivity contribution >= 4 is 17.7 Å². The average Bonchev–Trinajstić information content (AvgIpc) is 2.46. The minimum atomic E-state index is -0.189. The van der Waals surface area contributed by atoms with E-state index in [0.717, 1.165) is 10.7 Å².